The van der Waals surface area contributed by atoms with Gasteiger partial charge in [0.1, 0.15) is 0 Å². The largest absolute Gasteiger partial charge is 0.396 e. The molecule has 2 nitrogen and oxygen atoms in total. The van der Waals surface area contributed by atoms with Crippen LogP contribution in [0.1, 0.15) is 106 Å². The van der Waals surface area contributed by atoms with Crippen LogP contribution < -0.4 is 0 Å². The molecule has 5 aliphatic rings. The van der Waals surface area contributed by atoms with E-state index < -0.39 is 0 Å². The summed E-state index contributed by atoms with van der Waals surface area (Å²) in [7, 11) is 0. The summed E-state index contributed by atoms with van der Waals surface area (Å²) in [6.45, 7) is 17.9. The molecule has 4 saturated carbocycles. The van der Waals surface area contributed by atoms with Crippen LogP contribution in [0.4, 0.5) is 0 Å². The van der Waals surface area contributed by atoms with Crippen LogP contribution in [0.25, 0.3) is 0 Å². The third kappa shape index (κ3) is 2.66. The van der Waals surface area contributed by atoms with Crippen LogP contribution in [-0.2, 0) is 0 Å². The molecule has 0 saturated heterocycles. The van der Waals surface area contributed by atoms with Crippen LogP contribution in [0.3, 0.4) is 0 Å². The van der Waals surface area contributed by atoms with Crippen molar-refractivity contribution in [1.82, 2.24) is 0 Å². The van der Waals surface area contributed by atoms with Crippen LogP contribution in [0.15, 0.2) is 11.6 Å². The van der Waals surface area contributed by atoms with Crippen molar-refractivity contribution >= 4 is 0 Å². The standard InChI is InChI=1S/C30H50O2/c1-19-10-15-30(18-31)17-16-28(6)21(25(30)20(19)2)8-9-23-27(5)13-12-24(32)26(3,4)22(27)11-14-29(23,28)7/h8,19-20,22-25,31-32H,9-18H2,1-7H3/t19?,20?,22?,23?,24?,25?,27-,28+,29-,30+/m0/s1. The van der Waals surface area contributed by atoms with E-state index in [0.29, 0.717) is 41.1 Å². The van der Waals surface area contributed by atoms with Gasteiger partial charge in [-0.2, -0.15) is 0 Å². The molecule has 0 radical (unpaired) electrons. The average molecular weight is 443 g/mol. The minimum Gasteiger partial charge on any atom is -0.396 e. The Morgan fingerprint density at radius 3 is 2.28 bits per heavy atom. The molecule has 4 fully saturated rings. The second kappa shape index (κ2) is 7.09. The summed E-state index contributed by atoms with van der Waals surface area (Å²) in [5.41, 5.74) is 2.77. The van der Waals surface area contributed by atoms with Crippen molar-refractivity contribution in [3.8, 4) is 0 Å². The fourth-order valence-electron chi connectivity index (χ4n) is 10.9. The van der Waals surface area contributed by atoms with Gasteiger partial charge >= 0.3 is 0 Å². The zero-order chi connectivity index (χ0) is 23.3. The van der Waals surface area contributed by atoms with Gasteiger partial charge in [-0.3, -0.25) is 0 Å². The number of fused-ring (bicyclic) bond motifs is 7. The highest BCUT2D eigenvalue weighted by Gasteiger charge is 2.68. The molecule has 0 spiro atoms. The maximum atomic E-state index is 10.9. The van der Waals surface area contributed by atoms with Crippen molar-refractivity contribution in [1.29, 1.82) is 0 Å². The molecule has 182 valence electrons. The number of aliphatic hydroxyl groups is 2. The van der Waals surface area contributed by atoms with E-state index in [1.165, 1.54) is 51.4 Å². The van der Waals surface area contributed by atoms with E-state index in [1.54, 1.807) is 5.57 Å². The van der Waals surface area contributed by atoms with Gasteiger partial charge in [-0.05, 0) is 109 Å². The Bertz CT molecular complexity index is 799. The second-order valence-corrected chi connectivity index (χ2v) is 14.5. The van der Waals surface area contributed by atoms with Crippen LogP contribution in [0.5, 0.6) is 0 Å². The van der Waals surface area contributed by atoms with Crippen molar-refractivity contribution in [2.24, 2.45) is 56.7 Å². The maximum absolute atomic E-state index is 10.9. The fraction of sp³-hybridized carbons (Fsp3) is 0.933. The number of hydrogen-bond acceptors (Lipinski definition) is 2. The number of hydrogen-bond donors (Lipinski definition) is 2. The second-order valence-electron chi connectivity index (χ2n) is 14.5. The lowest BCUT2D eigenvalue weighted by Gasteiger charge is -2.71. The minimum absolute atomic E-state index is 0.0190. The quantitative estimate of drug-likeness (QED) is 0.429. The van der Waals surface area contributed by atoms with Crippen LogP contribution in [0, 0.1) is 56.7 Å². The molecule has 0 bridgehead atoms. The Morgan fingerprint density at radius 1 is 0.875 bits per heavy atom. The van der Waals surface area contributed by atoms with Crippen LogP contribution >= 0.6 is 0 Å². The summed E-state index contributed by atoms with van der Waals surface area (Å²) < 4.78 is 0. The number of rotatable bonds is 1. The number of allylic oxidation sites excluding steroid dienone is 2. The number of aliphatic hydroxyl groups excluding tert-OH is 2. The van der Waals surface area contributed by atoms with Crippen LogP contribution in [-0.4, -0.2) is 22.9 Å². The molecule has 5 aliphatic carbocycles. The SMILES string of the molecule is CC1CC[C@]2(CO)CC[C@]3(C)C(=CCC4[C@@]5(C)CCC(O)C(C)(C)C5CC[C@@]43C)C2C1C. The highest BCUT2D eigenvalue weighted by Crippen LogP contribution is 2.75. The molecular weight excluding hydrogens is 392 g/mol. The molecule has 6 unspecified atom stereocenters. The van der Waals surface area contributed by atoms with E-state index in [9.17, 15) is 10.2 Å². The Balaban J connectivity index is 1.59. The maximum Gasteiger partial charge on any atom is 0.0594 e. The molecule has 0 aromatic heterocycles. The molecule has 0 heterocycles. The van der Waals surface area contributed by atoms with Crippen molar-refractivity contribution in [3.63, 3.8) is 0 Å². The van der Waals surface area contributed by atoms with Crippen molar-refractivity contribution in [2.45, 2.75) is 112 Å². The first-order valence-corrected chi connectivity index (χ1v) is 13.9. The van der Waals surface area contributed by atoms with Gasteiger partial charge in [0.25, 0.3) is 0 Å². The monoisotopic (exact) mass is 442 g/mol. The van der Waals surface area contributed by atoms with E-state index in [0.717, 1.165) is 12.3 Å². The normalized spacial score (nSPS) is 56.8. The molecule has 2 heteroatoms. The van der Waals surface area contributed by atoms with Gasteiger partial charge in [0, 0.05) is 12.0 Å². The molecular formula is C30H50O2. The summed E-state index contributed by atoms with van der Waals surface area (Å²) in [6.07, 6.45) is 13.4. The predicted molar refractivity (Wildman–Crippen MR) is 132 cm³/mol. The first kappa shape index (κ1) is 23.4. The molecule has 0 aromatic carbocycles. The summed E-state index contributed by atoms with van der Waals surface area (Å²) in [5.74, 6) is 3.29. The molecule has 0 aromatic rings. The first-order chi connectivity index (χ1) is 14.9. The van der Waals surface area contributed by atoms with Crippen molar-refractivity contribution < 1.29 is 10.2 Å². The Kier molecular flexibility index (Phi) is 5.19. The highest BCUT2D eigenvalue weighted by molar-refractivity contribution is 5.34. The smallest absolute Gasteiger partial charge is 0.0594 e. The van der Waals surface area contributed by atoms with Gasteiger partial charge in [0.15, 0.2) is 0 Å². The zero-order valence-corrected chi connectivity index (χ0v) is 22.0. The predicted octanol–water partition coefficient (Wildman–Crippen LogP) is 7.00. The first-order valence-electron chi connectivity index (χ1n) is 13.9. The molecule has 10 atom stereocenters. The lowest BCUT2D eigenvalue weighted by Crippen LogP contribution is -2.65. The van der Waals surface area contributed by atoms with Gasteiger partial charge < -0.3 is 10.2 Å². The van der Waals surface area contributed by atoms with E-state index in [-0.39, 0.29) is 22.3 Å². The van der Waals surface area contributed by atoms with Gasteiger partial charge in [0.05, 0.1) is 6.10 Å². The van der Waals surface area contributed by atoms with E-state index in [1.807, 2.05) is 0 Å². The lowest BCUT2D eigenvalue weighted by molar-refractivity contribution is -0.205. The third-order valence-corrected chi connectivity index (χ3v) is 13.5. The fourth-order valence-corrected chi connectivity index (χ4v) is 10.9. The zero-order valence-electron chi connectivity index (χ0n) is 22.0. The van der Waals surface area contributed by atoms with E-state index >= 15 is 0 Å². The lowest BCUT2D eigenvalue weighted by atomic mass is 9.33. The molecule has 32 heavy (non-hydrogen) atoms. The summed E-state index contributed by atoms with van der Waals surface area (Å²) in [6, 6.07) is 0. The summed E-state index contributed by atoms with van der Waals surface area (Å²) >= 11 is 0. The van der Waals surface area contributed by atoms with E-state index in [4.69, 9.17) is 0 Å². The third-order valence-electron chi connectivity index (χ3n) is 13.5. The highest BCUT2D eigenvalue weighted by atomic mass is 16.3. The minimum atomic E-state index is -0.153. The molecule has 2 N–H and O–H groups in total. The summed E-state index contributed by atoms with van der Waals surface area (Å²) in [5, 5.41) is 21.6. The summed E-state index contributed by atoms with van der Waals surface area (Å²) in [4.78, 5) is 0. The molecule has 0 aliphatic heterocycles. The van der Waals surface area contributed by atoms with Gasteiger partial charge in [-0.1, -0.05) is 60.1 Å². The molecule has 0 amide bonds. The van der Waals surface area contributed by atoms with Gasteiger partial charge in [0.2, 0.25) is 0 Å². The Hall–Kier alpha value is -0.340. The molecule has 5 rings (SSSR count). The Labute approximate surface area is 197 Å². The van der Waals surface area contributed by atoms with Crippen molar-refractivity contribution in [3.05, 3.63) is 11.6 Å². The van der Waals surface area contributed by atoms with Crippen LogP contribution in [0.2, 0.25) is 0 Å². The van der Waals surface area contributed by atoms with Gasteiger partial charge in [-0.25, -0.2) is 0 Å². The average Bonchev–Trinajstić information content (AvgIpc) is 2.74. The Morgan fingerprint density at radius 2 is 1.59 bits per heavy atom. The van der Waals surface area contributed by atoms with E-state index in [2.05, 4.69) is 54.5 Å². The van der Waals surface area contributed by atoms with Crippen molar-refractivity contribution in [2.75, 3.05) is 6.61 Å². The van der Waals surface area contributed by atoms with Gasteiger partial charge in [-0.15, -0.1) is 0 Å². The topological polar surface area (TPSA) is 40.5 Å².